The van der Waals surface area contributed by atoms with Crippen LogP contribution in [0.25, 0.3) is 0 Å². The van der Waals surface area contributed by atoms with Gasteiger partial charge >= 0.3 is 0 Å². The maximum Gasteiger partial charge on any atom is 0.0700 e. The molecule has 0 bridgehead atoms. The van der Waals surface area contributed by atoms with Gasteiger partial charge in [0.15, 0.2) is 0 Å². The van der Waals surface area contributed by atoms with Gasteiger partial charge in [-0.1, -0.05) is 12.8 Å². The molecule has 0 aromatic rings. The summed E-state index contributed by atoms with van der Waals surface area (Å²) in [7, 11) is 0. The minimum atomic E-state index is 0.124. The Labute approximate surface area is 187 Å². The second-order valence-corrected chi connectivity index (χ2v) is 12.1. The molecule has 30 heavy (non-hydrogen) atoms. The first-order valence-corrected chi connectivity index (χ1v) is 14.1. The summed E-state index contributed by atoms with van der Waals surface area (Å²) in [4.78, 5) is 2.92. The van der Waals surface area contributed by atoms with Crippen LogP contribution in [0.4, 0.5) is 0 Å². The molecule has 170 valence electrons. The molecule has 6 heterocycles. The summed E-state index contributed by atoms with van der Waals surface area (Å²) >= 11 is 2.29. The lowest BCUT2D eigenvalue weighted by Crippen LogP contribution is -2.70. The largest absolute Gasteiger partial charge is 0.378 e. The molecule has 6 saturated heterocycles. The van der Waals surface area contributed by atoms with Crippen LogP contribution in [0.2, 0.25) is 0 Å². The van der Waals surface area contributed by atoms with Gasteiger partial charge in [-0.15, -0.1) is 0 Å². The second kappa shape index (κ2) is 8.52. The van der Waals surface area contributed by atoms with Gasteiger partial charge in [-0.25, -0.2) is 0 Å². The fraction of sp³-hybridized carbons (Fsp3) is 1.00. The van der Waals surface area contributed by atoms with Crippen molar-refractivity contribution in [2.45, 2.75) is 107 Å². The molecule has 6 aliphatic heterocycles. The van der Waals surface area contributed by atoms with Crippen LogP contribution in [-0.4, -0.2) is 73.2 Å². The van der Waals surface area contributed by atoms with Crippen LogP contribution in [0.3, 0.4) is 0 Å². The number of thioether (sulfide) groups is 1. The van der Waals surface area contributed by atoms with E-state index in [1.165, 1.54) is 95.9 Å². The average molecular weight is 436 g/mol. The third-order valence-corrected chi connectivity index (χ3v) is 11.2. The third-order valence-electron chi connectivity index (χ3n) is 9.64. The van der Waals surface area contributed by atoms with E-state index >= 15 is 0 Å². The van der Waals surface area contributed by atoms with Gasteiger partial charge in [-0.2, -0.15) is 11.8 Å². The van der Waals surface area contributed by atoms with E-state index in [-0.39, 0.29) is 10.8 Å². The summed E-state index contributed by atoms with van der Waals surface area (Å²) in [5.41, 5.74) is 0.312. The third kappa shape index (κ3) is 2.94. The van der Waals surface area contributed by atoms with Crippen LogP contribution >= 0.6 is 11.8 Å². The monoisotopic (exact) mass is 435 g/mol. The number of hydrogen-bond donors (Lipinski definition) is 0. The van der Waals surface area contributed by atoms with Crippen LogP contribution in [0.15, 0.2) is 0 Å². The molecule has 5 heteroatoms. The molecule has 0 N–H and O–H groups in total. The molecule has 0 aromatic carbocycles. The zero-order valence-electron chi connectivity index (χ0n) is 18.7. The number of fused-ring (bicyclic) bond motifs is 1. The first kappa shape index (κ1) is 20.8. The van der Waals surface area contributed by atoms with Gasteiger partial charge in [0.25, 0.3) is 0 Å². The van der Waals surface area contributed by atoms with Crippen molar-refractivity contribution in [2.75, 3.05) is 38.7 Å². The van der Waals surface area contributed by atoms with Gasteiger partial charge in [0, 0.05) is 48.5 Å². The number of hydrogen-bond acceptors (Lipinski definition) is 5. The van der Waals surface area contributed by atoms with E-state index in [0.29, 0.717) is 29.6 Å². The van der Waals surface area contributed by atoms with Crippen LogP contribution < -0.4 is 0 Å². The standard InChI is InChI=1S/C25H41NO3S/c1-4-13-26-18-24(20-9-2-5-14-27-20,23-11-3-6-17-30-23)25(19(26)8-1,22-12-16-29-22)21-10-7-15-28-21/h19-23H,1-18H2. The van der Waals surface area contributed by atoms with Crippen molar-refractivity contribution < 1.29 is 14.2 Å². The normalized spacial score (nSPS) is 50.2. The van der Waals surface area contributed by atoms with Gasteiger partial charge in [0.2, 0.25) is 0 Å². The maximum atomic E-state index is 6.81. The highest BCUT2D eigenvalue weighted by Crippen LogP contribution is 2.68. The lowest BCUT2D eigenvalue weighted by Gasteiger charge is -2.62. The summed E-state index contributed by atoms with van der Waals surface area (Å²) in [5.74, 6) is 1.33. The van der Waals surface area contributed by atoms with E-state index in [4.69, 9.17) is 14.2 Å². The highest BCUT2D eigenvalue weighted by molar-refractivity contribution is 8.00. The smallest absolute Gasteiger partial charge is 0.0700 e. The van der Waals surface area contributed by atoms with E-state index in [1.54, 1.807) is 0 Å². The van der Waals surface area contributed by atoms with Crippen molar-refractivity contribution in [1.29, 1.82) is 0 Å². The quantitative estimate of drug-likeness (QED) is 0.641. The summed E-state index contributed by atoms with van der Waals surface area (Å²) in [6, 6.07) is 0.632. The molecule has 7 unspecified atom stereocenters. The van der Waals surface area contributed by atoms with E-state index in [2.05, 4.69) is 16.7 Å². The molecule has 6 fully saturated rings. The topological polar surface area (TPSA) is 30.9 Å². The minimum absolute atomic E-state index is 0.124. The van der Waals surface area contributed by atoms with Crippen LogP contribution in [-0.2, 0) is 14.2 Å². The molecule has 0 amide bonds. The zero-order chi connectivity index (χ0) is 20.0. The van der Waals surface area contributed by atoms with Crippen LogP contribution in [0.1, 0.15) is 77.0 Å². The van der Waals surface area contributed by atoms with Crippen molar-refractivity contribution >= 4 is 11.8 Å². The SMILES string of the molecule is C1CCC(C2(C3CCCCS3)CN3CCCCC3C2(C2CCCO2)C2CCO2)OC1. The van der Waals surface area contributed by atoms with Gasteiger partial charge in [0.05, 0.1) is 18.3 Å². The lowest BCUT2D eigenvalue weighted by molar-refractivity contribution is -0.245. The van der Waals surface area contributed by atoms with Crippen molar-refractivity contribution in [3.05, 3.63) is 0 Å². The molecule has 0 radical (unpaired) electrons. The Kier molecular flexibility index (Phi) is 5.90. The van der Waals surface area contributed by atoms with Crippen molar-refractivity contribution in [3.8, 4) is 0 Å². The Morgan fingerprint density at radius 2 is 1.40 bits per heavy atom. The minimum Gasteiger partial charge on any atom is -0.378 e. The molecule has 0 saturated carbocycles. The van der Waals surface area contributed by atoms with Gasteiger partial charge in [-0.3, -0.25) is 4.90 Å². The Morgan fingerprint density at radius 1 is 0.667 bits per heavy atom. The molecule has 6 rings (SSSR count). The summed E-state index contributed by atoms with van der Waals surface area (Å²) in [6.07, 6.45) is 16.9. The van der Waals surface area contributed by atoms with Gasteiger partial charge in [0.1, 0.15) is 0 Å². The zero-order valence-corrected chi connectivity index (χ0v) is 19.5. The van der Waals surface area contributed by atoms with Gasteiger partial charge < -0.3 is 14.2 Å². The fourth-order valence-corrected chi connectivity index (χ4v) is 10.3. The van der Waals surface area contributed by atoms with Crippen molar-refractivity contribution in [3.63, 3.8) is 0 Å². The molecular formula is C25H41NO3S. The predicted molar refractivity (Wildman–Crippen MR) is 121 cm³/mol. The Morgan fingerprint density at radius 3 is 2.10 bits per heavy atom. The number of piperidine rings is 1. The fourth-order valence-electron chi connectivity index (χ4n) is 8.57. The lowest BCUT2D eigenvalue weighted by atomic mass is 9.50. The van der Waals surface area contributed by atoms with Crippen LogP contribution in [0, 0.1) is 10.8 Å². The molecule has 7 atom stereocenters. The van der Waals surface area contributed by atoms with Crippen molar-refractivity contribution in [2.24, 2.45) is 10.8 Å². The molecule has 4 nitrogen and oxygen atoms in total. The Hall–Kier alpha value is 0.190. The van der Waals surface area contributed by atoms with E-state index in [1.807, 2.05) is 0 Å². The predicted octanol–water partition coefficient (Wildman–Crippen LogP) is 4.65. The number of nitrogens with zero attached hydrogens (tertiary/aromatic N) is 1. The first-order valence-electron chi connectivity index (χ1n) is 13.1. The molecular weight excluding hydrogens is 394 g/mol. The highest BCUT2D eigenvalue weighted by atomic mass is 32.2. The number of rotatable bonds is 4. The number of ether oxygens (including phenoxy) is 3. The van der Waals surface area contributed by atoms with E-state index in [9.17, 15) is 0 Å². The Bertz CT molecular complexity index is 577. The second-order valence-electron chi connectivity index (χ2n) is 10.8. The molecule has 0 spiro atoms. The van der Waals surface area contributed by atoms with E-state index in [0.717, 1.165) is 19.8 Å². The summed E-state index contributed by atoms with van der Waals surface area (Å²) in [5, 5.41) is 0.702. The van der Waals surface area contributed by atoms with E-state index < -0.39 is 0 Å². The Balaban J connectivity index is 1.53. The van der Waals surface area contributed by atoms with Gasteiger partial charge in [-0.05, 0) is 76.5 Å². The average Bonchev–Trinajstić information content (AvgIpc) is 3.40. The molecule has 0 aromatic heterocycles. The molecule has 6 aliphatic rings. The molecule has 0 aliphatic carbocycles. The highest BCUT2D eigenvalue weighted by Gasteiger charge is 2.75. The van der Waals surface area contributed by atoms with Crippen molar-refractivity contribution in [1.82, 2.24) is 4.90 Å². The summed E-state index contributed by atoms with van der Waals surface area (Å²) < 4.78 is 20.1. The first-order chi connectivity index (χ1) is 14.9. The van der Waals surface area contributed by atoms with Crippen LogP contribution in [0.5, 0.6) is 0 Å². The maximum absolute atomic E-state index is 6.81. The summed E-state index contributed by atoms with van der Waals surface area (Å²) in [6.45, 7) is 5.37.